The second-order valence-electron chi connectivity index (χ2n) is 10.0. The van der Waals surface area contributed by atoms with Gasteiger partial charge in [0.1, 0.15) is 36.8 Å². The van der Waals surface area contributed by atoms with Crippen LogP contribution >= 0.6 is 0 Å². The molecule has 5 N–H and O–H groups in total. The predicted molar refractivity (Wildman–Crippen MR) is 134 cm³/mol. The first-order valence-electron chi connectivity index (χ1n) is 12.7. The highest BCUT2D eigenvalue weighted by Gasteiger charge is 2.55. The minimum atomic E-state index is -1.73. The number of aromatic hydroxyl groups is 1. The number of carbonyl (C=O) groups is 2. The molecule has 3 aliphatic rings. The number of rotatable bonds is 8. The van der Waals surface area contributed by atoms with Gasteiger partial charge in [-0.05, 0) is 49.1 Å². The van der Waals surface area contributed by atoms with Crippen molar-refractivity contribution in [2.45, 2.75) is 68.7 Å². The topological polar surface area (TPSA) is 191 Å². The zero-order valence-corrected chi connectivity index (χ0v) is 22.2. The van der Waals surface area contributed by atoms with Crippen LogP contribution in [0.4, 0.5) is 0 Å². The molecule has 1 saturated carbocycles. The molecule has 0 aromatic heterocycles. The van der Waals surface area contributed by atoms with Crippen LogP contribution in [-0.2, 0) is 38.0 Å². The summed E-state index contributed by atoms with van der Waals surface area (Å²) in [6, 6.07) is 6.08. The SMILES string of the molecule is COC(=O)C1=C2CCC(C)(O)C2C(OC2OC(COC(=O)C=Cc3ccc(O)cc3)C(O)C(O)C2O)OC1OC. The lowest BCUT2D eigenvalue weighted by atomic mass is 9.85. The van der Waals surface area contributed by atoms with Gasteiger partial charge in [-0.3, -0.25) is 0 Å². The Morgan fingerprint density at radius 1 is 1.05 bits per heavy atom. The lowest BCUT2D eigenvalue weighted by Gasteiger charge is -2.44. The third-order valence-electron chi connectivity index (χ3n) is 7.31. The molecule has 2 heterocycles. The van der Waals surface area contributed by atoms with Crippen molar-refractivity contribution in [2.24, 2.45) is 5.92 Å². The molecule has 4 rings (SSSR count). The molecule has 2 aliphatic heterocycles. The third-order valence-corrected chi connectivity index (χ3v) is 7.31. The van der Waals surface area contributed by atoms with Crippen LogP contribution in [0.3, 0.4) is 0 Å². The predicted octanol–water partition coefficient (Wildman–Crippen LogP) is -0.268. The van der Waals surface area contributed by atoms with Crippen LogP contribution in [-0.4, -0.2) is 107 Å². The molecule has 0 bridgehead atoms. The molecule has 0 radical (unpaired) electrons. The Hall–Kier alpha value is -2.88. The quantitative estimate of drug-likeness (QED) is 0.204. The molecule has 13 nitrogen and oxygen atoms in total. The molecule has 0 amide bonds. The largest absolute Gasteiger partial charge is 0.508 e. The van der Waals surface area contributed by atoms with Crippen molar-refractivity contribution in [3.63, 3.8) is 0 Å². The molecule has 2 fully saturated rings. The van der Waals surface area contributed by atoms with Crippen molar-refractivity contribution in [3.8, 4) is 5.75 Å². The van der Waals surface area contributed by atoms with Gasteiger partial charge in [0.05, 0.1) is 24.2 Å². The fourth-order valence-electron chi connectivity index (χ4n) is 5.14. The first-order valence-corrected chi connectivity index (χ1v) is 12.7. The van der Waals surface area contributed by atoms with E-state index in [1.165, 1.54) is 32.4 Å². The average molecular weight is 567 g/mol. The van der Waals surface area contributed by atoms with Crippen molar-refractivity contribution in [1.82, 2.24) is 0 Å². The Kier molecular flexibility index (Phi) is 9.27. The van der Waals surface area contributed by atoms with Gasteiger partial charge in [0.25, 0.3) is 0 Å². The van der Waals surface area contributed by atoms with Crippen LogP contribution in [0.5, 0.6) is 5.75 Å². The molecule has 1 saturated heterocycles. The van der Waals surface area contributed by atoms with Crippen molar-refractivity contribution in [2.75, 3.05) is 20.8 Å². The molecular weight excluding hydrogens is 532 g/mol. The Balaban J connectivity index is 1.47. The van der Waals surface area contributed by atoms with Gasteiger partial charge in [0.2, 0.25) is 0 Å². The number of hydrogen-bond acceptors (Lipinski definition) is 13. The molecule has 1 aliphatic carbocycles. The summed E-state index contributed by atoms with van der Waals surface area (Å²) in [5.41, 5.74) is -0.117. The maximum Gasteiger partial charge on any atom is 0.338 e. The van der Waals surface area contributed by atoms with Gasteiger partial charge in [0, 0.05) is 13.2 Å². The lowest BCUT2D eigenvalue weighted by Crippen LogP contribution is -2.61. The highest BCUT2D eigenvalue weighted by atomic mass is 16.8. The smallest absolute Gasteiger partial charge is 0.338 e. The van der Waals surface area contributed by atoms with E-state index in [4.69, 9.17) is 28.4 Å². The fourth-order valence-corrected chi connectivity index (χ4v) is 5.14. The van der Waals surface area contributed by atoms with Crippen molar-refractivity contribution in [3.05, 3.63) is 47.1 Å². The summed E-state index contributed by atoms with van der Waals surface area (Å²) in [5, 5.41) is 51.9. The van der Waals surface area contributed by atoms with Crippen LogP contribution in [0.2, 0.25) is 0 Å². The number of carbonyl (C=O) groups excluding carboxylic acids is 2. The van der Waals surface area contributed by atoms with Gasteiger partial charge < -0.3 is 54.0 Å². The molecule has 9 unspecified atom stereocenters. The Morgan fingerprint density at radius 2 is 1.75 bits per heavy atom. The van der Waals surface area contributed by atoms with Gasteiger partial charge in [-0.25, -0.2) is 9.59 Å². The number of fused-ring (bicyclic) bond motifs is 1. The van der Waals surface area contributed by atoms with Crippen LogP contribution in [0, 0.1) is 5.92 Å². The molecule has 0 spiro atoms. The Labute approximate surface area is 230 Å². The molecular formula is C27H34O13. The monoisotopic (exact) mass is 566 g/mol. The van der Waals surface area contributed by atoms with Crippen LogP contribution in [0.1, 0.15) is 25.3 Å². The standard InChI is InChI=1S/C27H34O13/c1-27(34)11-10-15-18(23(33)35-2)24(36-3)39-25(19(15)27)40-26-22(32)21(31)20(30)16(38-26)12-37-17(29)9-6-13-4-7-14(28)8-5-13/h4-9,16,19-22,24-26,28,30-32,34H,10-12H2,1-3H3. The minimum Gasteiger partial charge on any atom is -0.508 e. The summed E-state index contributed by atoms with van der Waals surface area (Å²) >= 11 is 0. The average Bonchev–Trinajstić information content (AvgIpc) is 3.26. The first-order chi connectivity index (χ1) is 19.0. The van der Waals surface area contributed by atoms with E-state index in [0.717, 1.165) is 6.08 Å². The molecule has 220 valence electrons. The highest BCUT2D eigenvalue weighted by Crippen LogP contribution is 2.49. The number of methoxy groups -OCH3 is 2. The van der Waals surface area contributed by atoms with Crippen molar-refractivity contribution >= 4 is 18.0 Å². The molecule has 9 atom stereocenters. The summed E-state index contributed by atoms with van der Waals surface area (Å²) in [6.45, 7) is 1.06. The second-order valence-corrected chi connectivity index (χ2v) is 10.0. The van der Waals surface area contributed by atoms with E-state index in [1.807, 2.05) is 0 Å². The van der Waals surface area contributed by atoms with E-state index in [-0.39, 0.29) is 17.7 Å². The Bertz CT molecular complexity index is 1130. The summed E-state index contributed by atoms with van der Waals surface area (Å²) in [6.07, 6.45) is -7.25. The Morgan fingerprint density at radius 3 is 2.40 bits per heavy atom. The molecule has 1 aromatic carbocycles. The number of esters is 2. The zero-order chi connectivity index (χ0) is 29.2. The maximum absolute atomic E-state index is 12.5. The summed E-state index contributed by atoms with van der Waals surface area (Å²) < 4.78 is 32.7. The number of phenolic OH excluding ortho intramolecular Hbond substituents is 1. The first kappa shape index (κ1) is 30.1. The van der Waals surface area contributed by atoms with Crippen molar-refractivity contribution in [1.29, 1.82) is 0 Å². The number of aliphatic hydroxyl groups excluding tert-OH is 3. The lowest BCUT2D eigenvalue weighted by molar-refractivity contribution is -0.363. The van der Waals surface area contributed by atoms with E-state index >= 15 is 0 Å². The van der Waals surface area contributed by atoms with Gasteiger partial charge in [-0.2, -0.15) is 0 Å². The zero-order valence-electron chi connectivity index (χ0n) is 22.2. The van der Waals surface area contributed by atoms with Gasteiger partial charge in [0.15, 0.2) is 18.9 Å². The molecule has 13 heteroatoms. The minimum absolute atomic E-state index is 0.0738. The number of ether oxygens (including phenoxy) is 6. The normalized spacial score (nSPS) is 36.0. The van der Waals surface area contributed by atoms with E-state index in [2.05, 4.69) is 0 Å². The van der Waals surface area contributed by atoms with Gasteiger partial charge in [-0.1, -0.05) is 12.1 Å². The van der Waals surface area contributed by atoms with E-state index in [1.54, 1.807) is 19.1 Å². The summed E-state index contributed by atoms with van der Waals surface area (Å²) in [5.74, 6) is -2.25. The fraction of sp³-hybridized carbons (Fsp3) is 0.556. The third kappa shape index (κ3) is 6.21. The number of benzene rings is 1. The van der Waals surface area contributed by atoms with E-state index < -0.39 is 73.4 Å². The molecule has 1 aromatic rings. The van der Waals surface area contributed by atoms with E-state index in [9.17, 15) is 35.1 Å². The highest BCUT2D eigenvalue weighted by molar-refractivity contribution is 5.90. The number of phenols is 1. The van der Waals surface area contributed by atoms with Crippen LogP contribution in [0.25, 0.3) is 6.08 Å². The second kappa shape index (κ2) is 12.3. The maximum atomic E-state index is 12.5. The van der Waals surface area contributed by atoms with Crippen LogP contribution in [0.15, 0.2) is 41.5 Å². The summed E-state index contributed by atoms with van der Waals surface area (Å²) in [4.78, 5) is 24.7. The van der Waals surface area contributed by atoms with E-state index in [0.29, 0.717) is 17.6 Å². The van der Waals surface area contributed by atoms with Crippen LogP contribution < -0.4 is 0 Å². The number of hydrogen-bond donors (Lipinski definition) is 5. The van der Waals surface area contributed by atoms with Gasteiger partial charge in [-0.15, -0.1) is 0 Å². The number of aliphatic hydroxyl groups is 4. The van der Waals surface area contributed by atoms with Gasteiger partial charge >= 0.3 is 11.9 Å². The van der Waals surface area contributed by atoms with Crippen molar-refractivity contribution < 1.29 is 63.5 Å². The molecule has 40 heavy (non-hydrogen) atoms. The summed E-state index contributed by atoms with van der Waals surface area (Å²) in [7, 11) is 2.52.